The first-order chi connectivity index (χ1) is 10.4. The number of hydrogen-bond donors (Lipinski definition) is 2. The van der Waals surface area contributed by atoms with Gasteiger partial charge in [-0.25, -0.2) is 0 Å². The van der Waals surface area contributed by atoms with Crippen LogP contribution in [-0.4, -0.2) is 18.3 Å². The molecule has 0 amide bonds. The topological polar surface area (TPSA) is 61.9 Å². The van der Waals surface area contributed by atoms with Gasteiger partial charge in [-0.05, 0) is 29.3 Å². The van der Waals surface area contributed by atoms with Gasteiger partial charge in [0.1, 0.15) is 0 Å². The fraction of sp³-hybridized carbons (Fsp3) is 0.176. The minimum Gasteiger partial charge on any atom is -0.454 e. The number of rotatable bonds is 3. The smallest absolute Gasteiger partial charge is 0.231 e. The number of fused-ring (bicyclic) bond motifs is 2. The molecule has 0 aliphatic carbocycles. The molecule has 1 aliphatic rings. The molecule has 3 aromatic rings. The number of ether oxygens (including phenoxy) is 2. The monoisotopic (exact) mass is 281 g/mol. The van der Waals surface area contributed by atoms with Crippen molar-refractivity contribution in [2.45, 2.75) is 5.92 Å². The third-order valence-corrected chi connectivity index (χ3v) is 4.08. The highest BCUT2D eigenvalue weighted by Crippen LogP contribution is 2.37. The van der Waals surface area contributed by atoms with Gasteiger partial charge in [-0.1, -0.05) is 24.3 Å². The van der Waals surface area contributed by atoms with Crippen molar-refractivity contribution < 1.29 is 15.2 Å². The summed E-state index contributed by atoms with van der Waals surface area (Å²) < 4.78 is 10.9. The van der Waals surface area contributed by atoms with E-state index in [4.69, 9.17) is 9.47 Å². The number of nitrogens with one attached hydrogen (secondary N) is 1. The molecule has 106 valence electrons. The second kappa shape index (κ2) is 4.82. The summed E-state index contributed by atoms with van der Waals surface area (Å²) >= 11 is 0. The number of hydrogen-bond acceptors (Lipinski definition) is 2. The van der Waals surface area contributed by atoms with Crippen LogP contribution in [0.15, 0.2) is 48.7 Å². The molecular formula is C17H17N2O2+. The Balaban J connectivity index is 1.81. The molecule has 0 radical (unpaired) electrons. The van der Waals surface area contributed by atoms with E-state index in [-0.39, 0.29) is 5.92 Å². The Kier molecular flexibility index (Phi) is 2.82. The molecule has 21 heavy (non-hydrogen) atoms. The molecule has 0 spiro atoms. The number of aromatic amines is 1. The Morgan fingerprint density at radius 2 is 1.95 bits per heavy atom. The van der Waals surface area contributed by atoms with E-state index in [9.17, 15) is 0 Å². The molecule has 4 heteroatoms. The molecule has 2 aromatic carbocycles. The van der Waals surface area contributed by atoms with E-state index >= 15 is 0 Å². The highest BCUT2D eigenvalue weighted by atomic mass is 16.7. The van der Waals surface area contributed by atoms with Crippen LogP contribution in [0.1, 0.15) is 17.0 Å². The minimum atomic E-state index is 0.246. The largest absolute Gasteiger partial charge is 0.454 e. The maximum Gasteiger partial charge on any atom is 0.231 e. The van der Waals surface area contributed by atoms with E-state index in [0.29, 0.717) is 6.79 Å². The molecule has 4 rings (SSSR count). The summed E-state index contributed by atoms with van der Waals surface area (Å²) in [4.78, 5) is 3.34. The van der Waals surface area contributed by atoms with Gasteiger partial charge in [0.15, 0.2) is 11.5 Å². The van der Waals surface area contributed by atoms with Crippen LogP contribution in [0.5, 0.6) is 11.5 Å². The second-order valence-corrected chi connectivity index (χ2v) is 5.24. The molecule has 0 fully saturated rings. The van der Waals surface area contributed by atoms with Crippen molar-refractivity contribution in [1.82, 2.24) is 4.98 Å². The van der Waals surface area contributed by atoms with Gasteiger partial charge in [-0.3, -0.25) is 0 Å². The Morgan fingerprint density at radius 3 is 2.86 bits per heavy atom. The van der Waals surface area contributed by atoms with Crippen LogP contribution in [0.3, 0.4) is 0 Å². The fourth-order valence-corrected chi connectivity index (χ4v) is 3.01. The van der Waals surface area contributed by atoms with Crippen molar-refractivity contribution in [1.29, 1.82) is 0 Å². The molecular weight excluding hydrogens is 264 g/mol. The van der Waals surface area contributed by atoms with E-state index in [2.05, 4.69) is 47.2 Å². The lowest BCUT2D eigenvalue weighted by molar-refractivity contribution is -0.370. The molecule has 0 saturated carbocycles. The van der Waals surface area contributed by atoms with Crippen LogP contribution < -0.4 is 15.2 Å². The third kappa shape index (κ3) is 1.96. The molecule has 0 unspecified atom stereocenters. The van der Waals surface area contributed by atoms with E-state index in [1.54, 1.807) is 0 Å². The average Bonchev–Trinajstić information content (AvgIpc) is 3.15. The van der Waals surface area contributed by atoms with Crippen molar-refractivity contribution >= 4 is 10.9 Å². The van der Waals surface area contributed by atoms with Crippen LogP contribution in [0, 0.1) is 0 Å². The van der Waals surface area contributed by atoms with Gasteiger partial charge < -0.3 is 20.2 Å². The van der Waals surface area contributed by atoms with Gasteiger partial charge in [0.05, 0.1) is 12.5 Å². The highest BCUT2D eigenvalue weighted by Gasteiger charge is 2.21. The number of para-hydroxylation sites is 1. The molecule has 4 N–H and O–H groups in total. The highest BCUT2D eigenvalue weighted by molar-refractivity contribution is 5.84. The summed E-state index contributed by atoms with van der Waals surface area (Å²) in [5.41, 5.74) is 7.78. The Bertz CT molecular complexity index is 794. The molecule has 1 atom stereocenters. The quantitative estimate of drug-likeness (QED) is 0.773. The summed E-state index contributed by atoms with van der Waals surface area (Å²) in [5, 5.41) is 1.25. The molecule has 0 saturated heterocycles. The minimum absolute atomic E-state index is 0.246. The SMILES string of the molecule is [NH3+]C[C@H](c1ccc2c(c1)OCO2)c1c[nH]c2ccccc12. The summed E-state index contributed by atoms with van der Waals surface area (Å²) in [6, 6.07) is 14.5. The van der Waals surface area contributed by atoms with E-state index in [0.717, 1.165) is 23.6 Å². The molecule has 2 heterocycles. The van der Waals surface area contributed by atoms with E-state index < -0.39 is 0 Å². The van der Waals surface area contributed by atoms with Crippen LogP contribution >= 0.6 is 0 Å². The van der Waals surface area contributed by atoms with Crippen LogP contribution in [0.25, 0.3) is 10.9 Å². The molecule has 1 aromatic heterocycles. The summed E-state index contributed by atoms with van der Waals surface area (Å²) in [5.74, 6) is 1.89. The Hall–Kier alpha value is -2.46. The zero-order chi connectivity index (χ0) is 14.2. The second-order valence-electron chi connectivity index (χ2n) is 5.24. The van der Waals surface area contributed by atoms with Gasteiger partial charge in [0.25, 0.3) is 0 Å². The predicted molar refractivity (Wildman–Crippen MR) is 80.5 cm³/mol. The summed E-state index contributed by atoms with van der Waals surface area (Å²) in [6.07, 6.45) is 2.09. The number of aromatic nitrogens is 1. The number of quaternary nitrogens is 1. The average molecular weight is 281 g/mol. The first-order valence-electron chi connectivity index (χ1n) is 7.11. The zero-order valence-electron chi connectivity index (χ0n) is 11.6. The summed E-state index contributed by atoms with van der Waals surface area (Å²) in [6.45, 7) is 1.10. The van der Waals surface area contributed by atoms with E-state index in [1.807, 2.05) is 12.1 Å². The standard InChI is InChI=1S/C17H16N2O2/c18-8-13(11-5-6-16-17(7-11)21-10-20-16)14-9-19-15-4-2-1-3-12(14)15/h1-7,9,13,19H,8,10,18H2/p+1/t13-/m1/s1. The first kappa shape index (κ1) is 12.3. The fourth-order valence-electron chi connectivity index (χ4n) is 3.01. The molecule has 4 nitrogen and oxygen atoms in total. The van der Waals surface area contributed by atoms with Crippen molar-refractivity contribution in [3.8, 4) is 11.5 Å². The number of H-pyrrole nitrogens is 1. The molecule has 1 aliphatic heterocycles. The predicted octanol–water partition coefficient (Wildman–Crippen LogP) is 2.27. The zero-order valence-corrected chi connectivity index (χ0v) is 11.6. The van der Waals surface area contributed by atoms with Crippen molar-refractivity contribution in [3.63, 3.8) is 0 Å². The Labute approximate surface area is 122 Å². The van der Waals surface area contributed by atoms with Gasteiger partial charge in [-0.2, -0.15) is 0 Å². The van der Waals surface area contributed by atoms with Gasteiger partial charge >= 0.3 is 0 Å². The van der Waals surface area contributed by atoms with Gasteiger partial charge in [0.2, 0.25) is 6.79 Å². The number of benzene rings is 2. The van der Waals surface area contributed by atoms with Crippen LogP contribution in [0.2, 0.25) is 0 Å². The lowest BCUT2D eigenvalue weighted by atomic mass is 9.91. The van der Waals surface area contributed by atoms with Gasteiger partial charge in [0, 0.05) is 17.1 Å². The van der Waals surface area contributed by atoms with Crippen molar-refractivity contribution in [3.05, 3.63) is 59.8 Å². The Morgan fingerprint density at radius 1 is 1.10 bits per heavy atom. The van der Waals surface area contributed by atoms with Crippen molar-refractivity contribution in [2.75, 3.05) is 13.3 Å². The lowest BCUT2D eigenvalue weighted by Gasteiger charge is -2.13. The van der Waals surface area contributed by atoms with Gasteiger partial charge in [-0.15, -0.1) is 0 Å². The van der Waals surface area contributed by atoms with Crippen LogP contribution in [-0.2, 0) is 0 Å². The first-order valence-corrected chi connectivity index (χ1v) is 7.11. The lowest BCUT2D eigenvalue weighted by Crippen LogP contribution is -2.53. The maximum absolute atomic E-state index is 5.49. The third-order valence-electron chi connectivity index (χ3n) is 4.08. The molecule has 0 bridgehead atoms. The van der Waals surface area contributed by atoms with Crippen molar-refractivity contribution in [2.24, 2.45) is 0 Å². The van der Waals surface area contributed by atoms with Crippen LogP contribution in [0.4, 0.5) is 0 Å². The summed E-state index contributed by atoms with van der Waals surface area (Å²) in [7, 11) is 0. The maximum atomic E-state index is 5.49. The normalized spacial score (nSPS) is 14.5. The van der Waals surface area contributed by atoms with E-state index in [1.165, 1.54) is 16.5 Å².